The van der Waals surface area contributed by atoms with Crippen LogP contribution in [-0.2, 0) is 0 Å². The van der Waals surface area contributed by atoms with Gasteiger partial charge in [-0.3, -0.25) is 4.79 Å². The molecule has 1 N–H and O–H groups in total. The van der Waals surface area contributed by atoms with E-state index < -0.39 is 18.3 Å². The first kappa shape index (κ1) is 14.9. The lowest BCUT2D eigenvalue weighted by Crippen LogP contribution is -2.14. The fraction of sp³-hybridized carbons (Fsp3) is 0.133. The van der Waals surface area contributed by atoms with Gasteiger partial charge in [0.05, 0.1) is 5.56 Å². The zero-order valence-corrected chi connectivity index (χ0v) is 11.1. The Morgan fingerprint density at radius 2 is 1.95 bits per heavy atom. The van der Waals surface area contributed by atoms with Crippen LogP contribution in [-0.4, -0.2) is 12.5 Å². The zero-order valence-electron chi connectivity index (χ0n) is 11.1. The van der Waals surface area contributed by atoms with Gasteiger partial charge in [-0.25, -0.2) is 4.39 Å². The summed E-state index contributed by atoms with van der Waals surface area (Å²) in [4.78, 5) is 12.0. The Bertz CT molecular complexity index is 659. The van der Waals surface area contributed by atoms with Crippen LogP contribution in [0.5, 0.6) is 5.75 Å². The Balaban J connectivity index is 2.17. The lowest BCUT2D eigenvalue weighted by atomic mass is 10.1. The summed E-state index contributed by atoms with van der Waals surface area (Å²) in [6, 6.07) is 9.64. The van der Waals surface area contributed by atoms with Crippen molar-refractivity contribution in [1.82, 2.24) is 0 Å². The van der Waals surface area contributed by atoms with Crippen molar-refractivity contribution in [3.05, 3.63) is 59.4 Å². The molecule has 0 unspecified atom stereocenters. The maximum Gasteiger partial charge on any atom is 0.387 e. The van der Waals surface area contributed by atoms with Gasteiger partial charge < -0.3 is 10.1 Å². The molecule has 0 aliphatic carbocycles. The van der Waals surface area contributed by atoms with E-state index in [0.29, 0.717) is 0 Å². The molecule has 2 aromatic carbocycles. The largest absolute Gasteiger partial charge is 0.435 e. The minimum atomic E-state index is -2.95. The molecule has 110 valence electrons. The number of carbonyl (C=O) groups excluding carboxylic acids is 1. The first-order chi connectivity index (χ1) is 9.95. The Labute approximate surface area is 119 Å². The predicted molar refractivity (Wildman–Crippen MR) is 72.2 cm³/mol. The molecule has 2 rings (SSSR count). The van der Waals surface area contributed by atoms with E-state index in [9.17, 15) is 18.0 Å². The number of ether oxygens (including phenoxy) is 1. The second-order valence-corrected chi connectivity index (χ2v) is 4.34. The zero-order chi connectivity index (χ0) is 15.4. The summed E-state index contributed by atoms with van der Waals surface area (Å²) >= 11 is 0. The maximum absolute atomic E-state index is 13.6. The number of hydrogen-bond acceptors (Lipinski definition) is 2. The highest BCUT2D eigenvalue weighted by molar-refractivity contribution is 6.04. The number of aryl methyl sites for hydroxylation is 1. The van der Waals surface area contributed by atoms with Gasteiger partial charge in [0.25, 0.3) is 5.91 Å². The van der Waals surface area contributed by atoms with Crippen LogP contribution in [0.25, 0.3) is 0 Å². The van der Waals surface area contributed by atoms with Crippen molar-refractivity contribution in [3.63, 3.8) is 0 Å². The molecule has 3 nitrogen and oxygen atoms in total. The standard InChI is InChI=1S/C15H12F3NO2/c1-9-5-6-13(16)12(7-9)14(20)19-10-3-2-4-11(8-10)21-15(17)18/h2-8,15H,1H3,(H,19,20). The second-order valence-electron chi connectivity index (χ2n) is 4.34. The predicted octanol–water partition coefficient (Wildman–Crippen LogP) is 3.99. The summed E-state index contributed by atoms with van der Waals surface area (Å²) in [6.45, 7) is -1.22. The van der Waals surface area contributed by atoms with Crippen LogP contribution in [0.4, 0.5) is 18.9 Å². The molecule has 2 aromatic rings. The summed E-state index contributed by atoms with van der Waals surface area (Å²) in [6.07, 6.45) is 0. The smallest absolute Gasteiger partial charge is 0.387 e. The van der Waals surface area contributed by atoms with Crippen LogP contribution in [0.15, 0.2) is 42.5 Å². The van der Waals surface area contributed by atoms with Crippen LogP contribution in [0.3, 0.4) is 0 Å². The highest BCUT2D eigenvalue weighted by Gasteiger charge is 2.13. The van der Waals surface area contributed by atoms with Gasteiger partial charge in [-0.1, -0.05) is 17.7 Å². The van der Waals surface area contributed by atoms with Crippen LogP contribution in [0, 0.1) is 12.7 Å². The van der Waals surface area contributed by atoms with Gasteiger partial charge in [0.2, 0.25) is 0 Å². The van der Waals surface area contributed by atoms with Crippen molar-refractivity contribution >= 4 is 11.6 Å². The third-order valence-electron chi connectivity index (χ3n) is 2.68. The molecule has 0 spiro atoms. The minimum absolute atomic E-state index is 0.0903. The molecule has 0 aliphatic rings. The van der Waals surface area contributed by atoms with Crippen LogP contribution >= 0.6 is 0 Å². The van der Waals surface area contributed by atoms with E-state index in [-0.39, 0.29) is 17.0 Å². The molecule has 6 heteroatoms. The van der Waals surface area contributed by atoms with E-state index in [1.165, 1.54) is 36.4 Å². The molecular weight excluding hydrogens is 283 g/mol. The van der Waals surface area contributed by atoms with E-state index in [1.807, 2.05) is 0 Å². The molecule has 21 heavy (non-hydrogen) atoms. The lowest BCUT2D eigenvalue weighted by Gasteiger charge is -2.09. The lowest BCUT2D eigenvalue weighted by molar-refractivity contribution is -0.0497. The molecule has 0 atom stereocenters. The maximum atomic E-state index is 13.6. The summed E-state index contributed by atoms with van der Waals surface area (Å²) in [5, 5.41) is 2.44. The number of alkyl halides is 2. The monoisotopic (exact) mass is 295 g/mol. The van der Waals surface area contributed by atoms with E-state index in [1.54, 1.807) is 13.0 Å². The number of anilines is 1. The van der Waals surface area contributed by atoms with Crippen LogP contribution < -0.4 is 10.1 Å². The number of halogens is 3. The van der Waals surface area contributed by atoms with Crippen molar-refractivity contribution < 1.29 is 22.7 Å². The molecule has 1 amide bonds. The van der Waals surface area contributed by atoms with Crippen molar-refractivity contribution in [3.8, 4) is 5.75 Å². The van der Waals surface area contributed by atoms with Gasteiger partial charge in [0.15, 0.2) is 0 Å². The number of hydrogen-bond donors (Lipinski definition) is 1. The number of nitrogens with one attached hydrogen (secondary N) is 1. The Hall–Kier alpha value is -2.50. The molecule has 0 fully saturated rings. The van der Waals surface area contributed by atoms with Crippen molar-refractivity contribution in [2.24, 2.45) is 0 Å². The number of amides is 1. The van der Waals surface area contributed by atoms with Crippen LogP contribution in [0.1, 0.15) is 15.9 Å². The molecule has 0 aliphatic heterocycles. The SMILES string of the molecule is Cc1ccc(F)c(C(=O)Nc2cccc(OC(F)F)c2)c1. The van der Waals surface area contributed by atoms with Gasteiger partial charge >= 0.3 is 6.61 Å². The number of rotatable bonds is 4. The fourth-order valence-corrected chi connectivity index (χ4v) is 1.76. The molecule has 0 bridgehead atoms. The Kier molecular flexibility index (Phi) is 4.47. The van der Waals surface area contributed by atoms with E-state index in [2.05, 4.69) is 10.1 Å². The average molecular weight is 295 g/mol. The third kappa shape index (κ3) is 3.98. The Morgan fingerprint density at radius 3 is 2.67 bits per heavy atom. The third-order valence-corrected chi connectivity index (χ3v) is 2.68. The number of benzene rings is 2. The molecule has 0 heterocycles. The van der Waals surface area contributed by atoms with Gasteiger partial charge in [0, 0.05) is 11.8 Å². The van der Waals surface area contributed by atoms with E-state index in [0.717, 1.165) is 5.56 Å². The normalized spacial score (nSPS) is 10.5. The molecule has 0 radical (unpaired) electrons. The van der Waals surface area contributed by atoms with Gasteiger partial charge in [0.1, 0.15) is 11.6 Å². The summed E-state index contributed by atoms with van der Waals surface area (Å²) in [5.41, 5.74) is 0.852. The second kappa shape index (κ2) is 6.30. The van der Waals surface area contributed by atoms with Gasteiger partial charge in [-0.05, 0) is 31.2 Å². The summed E-state index contributed by atoms with van der Waals surface area (Å²) in [7, 11) is 0. The molecule has 0 saturated carbocycles. The first-order valence-corrected chi connectivity index (χ1v) is 6.08. The van der Waals surface area contributed by atoms with E-state index >= 15 is 0 Å². The van der Waals surface area contributed by atoms with Gasteiger partial charge in [-0.2, -0.15) is 8.78 Å². The summed E-state index contributed by atoms with van der Waals surface area (Å²) < 4.78 is 42.1. The van der Waals surface area contributed by atoms with Crippen molar-refractivity contribution in [2.75, 3.05) is 5.32 Å². The quantitative estimate of drug-likeness (QED) is 0.926. The fourth-order valence-electron chi connectivity index (χ4n) is 1.76. The first-order valence-electron chi connectivity index (χ1n) is 6.08. The molecule has 0 aromatic heterocycles. The average Bonchev–Trinajstić information content (AvgIpc) is 2.41. The molecular formula is C15H12F3NO2. The number of carbonyl (C=O) groups is 1. The Morgan fingerprint density at radius 1 is 1.19 bits per heavy atom. The highest BCUT2D eigenvalue weighted by atomic mass is 19.3. The summed E-state index contributed by atoms with van der Waals surface area (Å²) in [5.74, 6) is -1.41. The highest BCUT2D eigenvalue weighted by Crippen LogP contribution is 2.20. The topological polar surface area (TPSA) is 38.3 Å². The van der Waals surface area contributed by atoms with Crippen LogP contribution in [0.2, 0.25) is 0 Å². The van der Waals surface area contributed by atoms with Crippen molar-refractivity contribution in [2.45, 2.75) is 13.5 Å². The van der Waals surface area contributed by atoms with E-state index in [4.69, 9.17) is 0 Å². The van der Waals surface area contributed by atoms with Crippen molar-refractivity contribution in [1.29, 1.82) is 0 Å². The minimum Gasteiger partial charge on any atom is -0.435 e. The van der Waals surface area contributed by atoms with Gasteiger partial charge in [-0.15, -0.1) is 0 Å². The molecule has 0 saturated heterocycles.